The quantitative estimate of drug-likeness (QED) is 0.440. The second-order valence-electron chi connectivity index (χ2n) is 5.23. The molecule has 3 N–H and O–H groups in total. The number of thiocarbonyl (C=S) groups is 1. The van der Waals surface area contributed by atoms with Crippen molar-refractivity contribution in [2.75, 3.05) is 5.32 Å². The van der Waals surface area contributed by atoms with Crippen molar-refractivity contribution < 1.29 is 13.6 Å². The van der Waals surface area contributed by atoms with E-state index in [1.165, 1.54) is 23.5 Å². The van der Waals surface area contributed by atoms with E-state index in [0.717, 1.165) is 9.56 Å². The predicted octanol–water partition coefficient (Wildman–Crippen LogP) is 2.11. The molecule has 0 fully saturated rings. The Bertz CT molecular complexity index is 1000. The summed E-state index contributed by atoms with van der Waals surface area (Å²) in [5.74, 6) is -1.33. The number of nitrogens with one attached hydrogen (secondary N) is 3. The average molecular weight is 407 g/mol. The lowest BCUT2D eigenvalue weighted by atomic mass is 10.3. The molecular formula is C16H14FN5O3S2. The highest BCUT2D eigenvalue weighted by Gasteiger charge is 2.12. The maximum atomic E-state index is 13.5. The number of thiophene rings is 1. The molecule has 0 aliphatic heterocycles. The third-order valence-corrected chi connectivity index (χ3v) is 4.39. The molecule has 2 aromatic heterocycles. The highest BCUT2D eigenvalue weighted by molar-refractivity contribution is 7.80. The van der Waals surface area contributed by atoms with Crippen LogP contribution in [0.1, 0.15) is 6.42 Å². The van der Waals surface area contributed by atoms with Crippen LogP contribution in [0.4, 0.5) is 10.1 Å². The van der Waals surface area contributed by atoms with Gasteiger partial charge in [0.2, 0.25) is 5.91 Å². The molecule has 0 saturated heterocycles. The topological polar surface area (TPSA) is 101 Å². The first-order valence-corrected chi connectivity index (χ1v) is 9.04. The number of benzene rings is 1. The molecule has 0 spiro atoms. The van der Waals surface area contributed by atoms with Gasteiger partial charge in [-0.3, -0.25) is 15.6 Å². The fourth-order valence-electron chi connectivity index (χ4n) is 2.06. The average Bonchev–Trinajstić information content (AvgIpc) is 3.30. The fraction of sp³-hybridized carbons (Fsp3) is 0.125. The van der Waals surface area contributed by atoms with Crippen LogP contribution in [0.5, 0.6) is 0 Å². The number of anilines is 1. The molecule has 11 heteroatoms. The maximum Gasteiger partial charge on any atom is 0.437 e. The van der Waals surface area contributed by atoms with Gasteiger partial charge in [-0.25, -0.2) is 9.18 Å². The maximum absolute atomic E-state index is 13.5. The number of halogens is 1. The summed E-state index contributed by atoms with van der Waals surface area (Å²) in [6.45, 7) is 0.0364. The van der Waals surface area contributed by atoms with Crippen molar-refractivity contribution in [3.05, 3.63) is 58.1 Å². The van der Waals surface area contributed by atoms with Gasteiger partial charge >= 0.3 is 5.76 Å². The van der Waals surface area contributed by atoms with Gasteiger partial charge in [0.1, 0.15) is 5.82 Å². The van der Waals surface area contributed by atoms with E-state index in [9.17, 15) is 14.0 Å². The molecule has 2 heterocycles. The first-order chi connectivity index (χ1) is 13.0. The lowest BCUT2D eigenvalue weighted by Crippen LogP contribution is -2.44. The van der Waals surface area contributed by atoms with E-state index in [-0.39, 0.29) is 29.7 Å². The number of hydrazine groups is 1. The Hall–Kier alpha value is -3.05. The molecule has 1 aromatic carbocycles. The Morgan fingerprint density at radius 3 is 2.81 bits per heavy atom. The minimum atomic E-state index is -0.643. The van der Waals surface area contributed by atoms with E-state index in [4.69, 9.17) is 16.6 Å². The number of carbonyl (C=O) groups is 1. The molecule has 0 bridgehead atoms. The largest absolute Gasteiger partial charge is 0.437 e. The van der Waals surface area contributed by atoms with Crippen LogP contribution in [-0.4, -0.2) is 20.8 Å². The van der Waals surface area contributed by atoms with Crippen molar-refractivity contribution >= 4 is 40.3 Å². The van der Waals surface area contributed by atoms with E-state index >= 15 is 0 Å². The number of aryl methyl sites for hydroxylation is 1. The predicted molar refractivity (Wildman–Crippen MR) is 103 cm³/mol. The third kappa shape index (κ3) is 4.99. The van der Waals surface area contributed by atoms with Crippen LogP contribution in [0.15, 0.2) is 51.0 Å². The summed E-state index contributed by atoms with van der Waals surface area (Å²) in [7, 11) is 0. The number of para-hydroxylation sites is 1. The van der Waals surface area contributed by atoms with Gasteiger partial charge in [0.15, 0.2) is 5.11 Å². The molecular weight excluding hydrogens is 393 g/mol. The van der Waals surface area contributed by atoms with Gasteiger partial charge in [0.25, 0.3) is 5.89 Å². The highest BCUT2D eigenvalue weighted by atomic mass is 32.1. The molecule has 3 aromatic rings. The Balaban J connectivity index is 1.47. The molecule has 0 atom stereocenters. The SMILES string of the molecule is O=C(CCn1nc(-c2cccs2)oc1=O)NNC(=S)Nc1ccccc1F. The monoisotopic (exact) mass is 407 g/mol. The fourth-order valence-corrected chi connectivity index (χ4v) is 2.87. The Morgan fingerprint density at radius 2 is 2.07 bits per heavy atom. The van der Waals surface area contributed by atoms with Gasteiger partial charge in [0, 0.05) is 6.42 Å². The van der Waals surface area contributed by atoms with E-state index < -0.39 is 17.5 Å². The number of carbonyl (C=O) groups excluding carboxylic acids is 1. The highest BCUT2D eigenvalue weighted by Crippen LogP contribution is 2.21. The zero-order chi connectivity index (χ0) is 19.2. The van der Waals surface area contributed by atoms with Gasteiger partial charge in [-0.15, -0.1) is 16.4 Å². The summed E-state index contributed by atoms with van der Waals surface area (Å²) >= 11 is 6.37. The number of nitrogens with zero attached hydrogens (tertiary/aromatic N) is 2. The standard InChI is InChI=1S/C16H14FN5O3S2/c17-10-4-1-2-5-11(10)18-15(26)20-19-13(23)7-8-22-16(24)25-14(21-22)12-6-3-9-27-12/h1-6,9H,7-8H2,(H,19,23)(H2,18,20,26). The van der Waals surface area contributed by atoms with Crippen molar-refractivity contribution in [2.45, 2.75) is 13.0 Å². The lowest BCUT2D eigenvalue weighted by molar-refractivity contribution is -0.121. The van der Waals surface area contributed by atoms with Crippen molar-refractivity contribution in [1.29, 1.82) is 0 Å². The molecule has 27 heavy (non-hydrogen) atoms. The first kappa shape index (κ1) is 18.7. The summed E-state index contributed by atoms with van der Waals surface area (Å²) in [6, 6.07) is 9.58. The molecule has 0 unspecified atom stereocenters. The van der Waals surface area contributed by atoms with Gasteiger partial charge in [-0.05, 0) is 35.8 Å². The summed E-state index contributed by atoms with van der Waals surface area (Å²) in [6.07, 6.45) is -0.0361. The second-order valence-corrected chi connectivity index (χ2v) is 6.59. The van der Waals surface area contributed by atoms with Gasteiger partial charge < -0.3 is 9.73 Å². The van der Waals surface area contributed by atoms with E-state index in [2.05, 4.69) is 21.3 Å². The Morgan fingerprint density at radius 1 is 1.26 bits per heavy atom. The number of hydrogen-bond donors (Lipinski definition) is 3. The van der Waals surface area contributed by atoms with Crippen LogP contribution in [0.2, 0.25) is 0 Å². The smallest absolute Gasteiger partial charge is 0.387 e. The summed E-state index contributed by atoms with van der Waals surface area (Å²) in [5.41, 5.74) is 5.00. The molecule has 0 saturated carbocycles. The Labute approximate surface area is 162 Å². The van der Waals surface area contributed by atoms with Crippen LogP contribution in [0.3, 0.4) is 0 Å². The number of aromatic nitrogens is 2. The minimum Gasteiger partial charge on any atom is -0.387 e. The molecule has 0 radical (unpaired) electrons. The first-order valence-electron chi connectivity index (χ1n) is 7.75. The number of amides is 1. The molecule has 1 amide bonds. The van der Waals surface area contributed by atoms with Crippen LogP contribution >= 0.6 is 23.6 Å². The molecule has 0 aliphatic rings. The normalized spacial score (nSPS) is 10.4. The van der Waals surface area contributed by atoms with Crippen LogP contribution in [0, 0.1) is 5.82 Å². The van der Waals surface area contributed by atoms with Crippen LogP contribution in [-0.2, 0) is 11.3 Å². The van der Waals surface area contributed by atoms with Crippen molar-refractivity contribution in [1.82, 2.24) is 20.6 Å². The number of hydrogen-bond acceptors (Lipinski definition) is 6. The molecule has 8 nitrogen and oxygen atoms in total. The third-order valence-electron chi connectivity index (χ3n) is 3.33. The van der Waals surface area contributed by atoms with E-state index in [0.29, 0.717) is 0 Å². The number of rotatable bonds is 5. The molecule has 3 rings (SSSR count). The molecule has 140 valence electrons. The van der Waals surface area contributed by atoms with E-state index in [1.54, 1.807) is 18.2 Å². The van der Waals surface area contributed by atoms with Crippen molar-refractivity contribution in [3.8, 4) is 10.8 Å². The van der Waals surface area contributed by atoms with Crippen LogP contribution in [0.25, 0.3) is 10.8 Å². The minimum absolute atomic E-state index is 0.0204. The summed E-state index contributed by atoms with van der Waals surface area (Å²) in [5, 5.41) is 8.53. The zero-order valence-electron chi connectivity index (χ0n) is 13.8. The van der Waals surface area contributed by atoms with Gasteiger partial charge in [-0.2, -0.15) is 4.68 Å². The summed E-state index contributed by atoms with van der Waals surface area (Å²) in [4.78, 5) is 24.4. The molecule has 0 aliphatic carbocycles. The van der Waals surface area contributed by atoms with Gasteiger partial charge in [0.05, 0.1) is 17.1 Å². The second kappa shape index (κ2) is 8.56. The van der Waals surface area contributed by atoms with Crippen molar-refractivity contribution in [3.63, 3.8) is 0 Å². The Kier molecular flexibility index (Phi) is 5.94. The van der Waals surface area contributed by atoms with E-state index in [1.807, 2.05) is 11.4 Å². The van der Waals surface area contributed by atoms with Crippen molar-refractivity contribution in [2.24, 2.45) is 0 Å². The zero-order valence-corrected chi connectivity index (χ0v) is 15.4. The van der Waals surface area contributed by atoms with Gasteiger partial charge in [-0.1, -0.05) is 18.2 Å². The summed E-state index contributed by atoms with van der Waals surface area (Å²) < 4.78 is 19.6. The lowest BCUT2D eigenvalue weighted by Gasteiger charge is -2.11. The van der Waals surface area contributed by atoms with Crippen LogP contribution < -0.4 is 21.9 Å².